The smallest absolute Gasteiger partial charge is 0.242 e. The molecule has 0 aromatic carbocycles. The van der Waals surface area contributed by atoms with Crippen LogP contribution in [0.1, 0.15) is 33.1 Å². The number of thiocarbonyl (C=S) groups is 1. The van der Waals surface area contributed by atoms with Gasteiger partial charge in [0.05, 0.1) is 0 Å². The molecule has 0 unspecified atom stereocenters. The van der Waals surface area contributed by atoms with E-state index in [4.69, 9.17) is 12.2 Å². The number of hydrogen-bond donors (Lipinski definition) is 2. The highest BCUT2D eigenvalue weighted by atomic mass is 32.2. The average molecular weight is 274 g/mol. The van der Waals surface area contributed by atoms with E-state index in [1.807, 2.05) is 6.92 Å². The summed E-state index contributed by atoms with van der Waals surface area (Å²) >= 11 is 6.45. The van der Waals surface area contributed by atoms with E-state index in [0.29, 0.717) is 12.2 Å². The molecule has 0 saturated carbocycles. The van der Waals surface area contributed by atoms with Crippen molar-refractivity contribution in [2.24, 2.45) is 5.41 Å². The van der Waals surface area contributed by atoms with Crippen molar-refractivity contribution in [3.8, 4) is 0 Å². The monoisotopic (exact) mass is 274 g/mol. The highest BCUT2D eigenvalue weighted by Crippen LogP contribution is 2.30. The molecule has 6 heteroatoms. The molecule has 17 heavy (non-hydrogen) atoms. The molecule has 96 valence electrons. The summed E-state index contributed by atoms with van der Waals surface area (Å²) in [5, 5.41) is 5.19. The molecule has 0 atom stereocenters. The van der Waals surface area contributed by atoms with E-state index in [1.54, 1.807) is 11.8 Å². The molecule has 0 aliphatic carbocycles. The molecule has 0 bridgehead atoms. The number of amides is 2. The second-order valence-corrected chi connectivity index (χ2v) is 5.59. The van der Waals surface area contributed by atoms with Crippen LogP contribution in [0.4, 0.5) is 0 Å². The number of rotatable bonds is 6. The Bertz CT molecular complexity index is 311. The molecule has 0 aromatic rings. The fourth-order valence-corrected chi connectivity index (χ4v) is 3.26. The van der Waals surface area contributed by atoms with E-state index in [-0.39, 0.29) is 16.9 Å². The zero-order valence-corrected chi connectivity index (χ0v) is 11.8. The molecule has 0 spiro atoms. The van der Waals surface area contributed by atoms with Crippen LogP contribution >= 0.6 is 24.0 Å². The third-order valence-corrected chi connectivity index (χ3v) is 4.40. The summed E-state index contributed by atoms with van der Waals surface area (Å²) in [5.41, 5.74) is -0.958. The summed E-state index contributed by atoms with van der Waals surface area (Å²) in [6, 6.07) is 0. The van der Waals surface area contributed by atoms with Gasteiger partial charge in [0, 0.05) is 5.75 Å². The molecule has 4 nitrogen and oxygen atoms in total. The van der Waals surface area contributed by atoms with Crippen molar-refractivity contribution in [3.05, 3.63) is 0 Å². The minimum Gasteiger partial charge on any atom is -0.302 e. The van der Waals surface area contributed by atoms with E-state index in [1.165, 1.54) is 0 Å². The molecule has 1 saturated heterocycles. The van der Waals surface area contributed by atoms with Crippen LogP contribution in [0.5, 0.6) is 0 Å². The summed E-state index contributed by atoms with van der Waals surface area (Å²) in [6.45, 7) is 3.97. The Labute approximate surface area is 111 Å². The second kappa shape index (κ2) is 6.35. The molecular formula is C11H18N2O2S2. The van der Waals surface area contributed by atoms with Gasteiger partial charge in [0.15, 0.2) is 5.11 Å². The topological polar surface area (TPSA) is 58.2 Å². The van der Waals surface area contributed by atoms with Gasteiger partial charge in [0.1, 0.15) is 5.41 Å². The number of thioether (sulfide) groups is 1. The summed E-state index contributed by atoms with van der Waals surface area (Å²) in [4.78, 5) is 23.9. The van der Waals surface area contributed by atoms with E-state index in [9.17, 15) is 9.59 Å². The number of nitrogens with one attached hydrogen (secondary N) is 2. The van der Waals surface area contributed by atoms with Crippen LogP contribution in [-0.4, -0.2) is 28.4 Å². The van der Waals surface area contributed by atoms with Crippen molar-refractivity contribution >= 4 is 40.9 Å². The zero-order valence-electron chi connectivity index (χ0n) is 10.2. The highest BCUT2D eigenvalue weighted by molar-refractivity contribution is 7.99. The zero-order chi connectivity index (χ0) is 12.9. The fourth-order valence-electron chi connectivity index (χ4n) is 1.63. The predicted molar refractivity (Wildman–Crippen MR) is 73.8 cm³/mol. The molecule has 1 heterocycles. The molecular weight excluding hydrogens is 256 g/mol. The van der Waals surface area contributed by atoms with Gasteiger partial charge < -0.3 is 10.6 Å². The van der Waals surface area contributed by atoms with E-state index in [2.05, 4.69) is 17.6 Å². The Hall–Kier alpha value is -0.620. The van der Waals surface area contributed by atoms with Gasteiger partial charge >= 0.3 is 0 Å². The predicted octanol–water partition coefficient (Wildman–Crippen LogP) is 1.45. The van der Waals surface area contributed by atoms with Crippen LogP contribution in [-0.2, 0) is 9.59 Å². The number of carbonyl (C=O) groups is 2. The largest absolute Gasteiger partial charge is 0.302 e. The van der Waals surface area contributed by atoms with Crippen LogP contribution < -0.4 is 10.6 Å². The minimum atomic E-state index is -0.958. The average Bonchev–Trinajstić information content (AvgIpc) is 2.27. The molecule has 2 amide bonds. The Morgan fingerprint density at radius 1 is 1.24 bits per heavy atom. The maximum absolute atomic E-state index is 12.0. The van der Waals surface area contributed by atoms with Crippen LogP contribution in [0.25, 0.3) is 0 Å². The number of carbonyl (C=O) groups excluding carboxylic acids is 2. The number of unbranched alkanes of at least 4 members (excludes halogenated alkanes) is 1. The van der Waals surface area contributed by atoms with Crippen LogP contribution in [0.15, 0.2) is 0 Å². The van der Waals surface area contributed by atoms with Gasteiger partial charge in [-0.25, -0.2) is 0 Å². The molecule has 1 fully saturated rings. The van der Waals surface area contributed by atoms with Gasteiger partial charge in [-0.1, -0.05) is 20.3 Å². The first-order valence-corrected chi connectivity index (χ1v) is 7.37. The Kier molecular flexibility index (Phi) is 5.39. The van der Waals surface area contributed by atoms with Crippen molar-refractivity contribution in [2.75, 3.05) is 11.5 Å². The van der Waals surface area contributed by atoms with Crippen molar-refractivity contribution in [1.82, 2.24) is 10.6 Å². The van der Waals surface area contributed by atoms with Gasteiger partial charge in [-0.05, 0) is 30.8 Å². The van der Waals surface area contributed by atoms with Crippen molar-refractivity contribution in [1.29, 1.82) is 0 Å². The molecule has 0 aromatic heterocycles. The maximum atomic E-state index is 12.0. The highest BCUT2D eigenvalue weighted by Gasteiger charge is 2.47. The van der Waals surface area contributed by atoms with E-state index >= 15 is 0 Å². The lowest BCUT2D eigenvalue weighted by Gasteiger charge is -2.33. The summed E-state index contributed by atoms with van der Waals surface area (Å²) in [6.07, 6.45) is 2.72. The van der Waals surface area contributed by atoms with E-state index < -0.39 is 5.41 Å². The molecule has 2 N–H and O–H groups in total. The van der Waals surface area contributed by atoms with Gasteiger partial charge in [-0.15, -0.1) is 0 Å². The Morgan fingerprint density at radius 2 is 1.82 bits per heavy atom. The minimum absolute atomic E-state index is 0.114. The standard InChI is InChI=1S/C11H18N2O2S2/c1-3-5-6-17-7-11(4-2)8(14)12-10(16)13-9(11)15/h3-7H2,1-2H3,(H2,12,13,14,15,16). The van der Waals surface area contributed by atoms with Gasteiger partial charge in [0.25, 0.3) is 0 Å². The van der Waals surface area contributed by atoms with Crippen molar-refractivity contribution < 1.29 is 9.59 Å². The third kappa shape index (κ3) is 3.19. The first kappa shape index (κ1) is 14.4. The SMILES string of the molecule is CCCCSCC1(CC)C(=O)NC(=S)NC1=O. The normalized spacial score (nSPS) is 18.8. The summed E-state index contributed by atoms with van der Waals surface area (Å²) in [5.74, 6) is 0.961. The Balaban J connectivity index is 2.68. The molecule has 0 radical (unpaired) electrons. The van der Waals surface area contributed by atoms with Gasteiger partial charge in [0.2, 0.25) is 11.8 Å². The summed E-state index contributed by atoms with van der Waals surface area (Å²) < 4.78 is 0. The van der Waals surface area contributed by atoms with Crippen molar-refractivity contribution in [3.63, 3.8) is 0 Å². The first-order chi connectivity index (χ1) is 8.06. The maximum Gasteiger partial charge on any atom is 0.242 e. The Morgan fingerprint density at radius 3 is 2.29 bits per heavy atom. The summed E-state index contributed by atoms with van der Waals surface area (Å²) in [7, 11) is 0. The molecule has 1 rings (SSSR count). The van der Waals surface area contributed by atoms with Crippen LogP contribution in [0, 0.1) is 5.41 Å². The van der Waals surface area contributed by atoms with Crippen LogP contribution in [0.3, 0.4) is 0 Å². The van der Waals surface area contributed by atoms with E-state index in [0.717, 1.165) is 18.6 Å². The second-order valence-electron chi connectivity index (χ2n) is 4.08. The van der Waals surface area contributed by atoms with Gasteiger partial charge in [-0.2, -0.15) is 11.8 Å². The quantitative estimate of drug-likeness (QED) is 0.437. The fraction of sp³-hybridized carbons (Fsp3) is 0.727. The first-order valence-electron chi connectivity index (χ1n) is 5.81. The molecule has 1 aliphatic rings. The molecule has 1 aliphatic heterocycles. The lowest BCUT2D eigenvalue weighted by Crippen LogP contribution is -2.63. The van der Waals surface area contributed by atoms with Gasteiger partial charge in [-0.3, -0.25) is 9.59 Å². The third-order valence-electron chi connectivity index (χ3n) is 2.92. The van der Waals surface area contributed by atoms with Crippen molar-refractivity contribution in [2.45, 2.75) is 33.1 Å². The lowest BCUT2D eigenvalue weighted by molar-refractivity contribution is -0.142. The van der Waals surface area contributed by atoms with Crippen LogP contribution in [0.2, 0.25) is 0 Å². The number of hydrogen-bond acceptors (Lipinski definition) is 4. The lowest BCUT2D eigenvalue weighted by atomic mass is 9.84.